The number of anilines is 1. The van der Waals surface area contributed by atoms with Crippen molar-refractivity contribution in [2.24, 2.45) is 7.05 Å². The minimum atomic E-state index is -0.799. The molecule has 5 nitrogen and oxygen atoms in total. The highest BCUT2D eigenvalue weighted by Crippen LogP contribution is 2.15. The van der Waals surface area contributed by atoms with Gasteiger partial charge in [0, 0.05) is 35.9 Å². The molecule has 0 aromatic carbocycles. The molecule has 0 fully saturated rings. The Bertz CT molecular complexity index is 447. The van der Waals surface area contributed by atoms with Gasteiger partial charge in [-0.1, -0.05) is 6.92 Å². The molecule has 16 heavy (non-hydrogen) atoms. The van der Waals surface area contributed by atoms with Crippen molar-refractivity contribution in [3.8, 4) is 0 Å². The summed E-state index contributed by atoms with van der Waals surface area (Å²) in [5.74, 6) is 1.22. The smallest absolute Gasteiger partial charge is 0.282 e. The second-order valence-corrected chi connectivity index (χ2v) is 5.82. The van der Waals surface area contributed by atoms with E-state index in [1.807, 2.05) is 6.92 Å². The lowest BCUT2D eigenvalue weighted by Crippen LogP contribution is -2.22. The molecule has 0 spiro atoms. The fourth-order valence-corrected chi connectivity index (χ4v) is 2.20. The molecule has 0 amide bonds. The molecule has 0 saturated carbocycles. The van der Waals surface area contributed by atoms with Crippen molar-refractivity contribution in [1.29, 1.82) is 0 Å². The lowest BCUT2D eigenvalue weighted by molar-refractivity contribution is 0.683. The van der Waals surface area contributed by atoms with Crippen LogP contribution in [0.1, 0.15) is 6.92 Å². The molecule has 0 aliphatic rings. The van der Waals surface area contributed by atoms with E-state index in [1.165, 1.54) is 4.68 Å². The normalized spacial score (nSPS) is 12.4. The lowest BCUT2D eigenvalue weighted by Gasteiger charge is -2.07. The minimum absolute atomic E-state index is 0.193. The highest BCUT2D eigenvalue weighted by Gasteiger charge is 2.06. The summed E-state index contributed by atoms with van der Waals surface area (Å²) in [6, 6.07) is 0. The van der Waals surface area contributed by atoms with E-state index in [4.69, 9.17) is 0 Å². The Kier molecular flexibility index (Phi) is 5.14. The molecule has 1 aromatic rings. The van der Waals surface area contributed by atoms with Gasteiger partial charge in [0.1, 0.15) is 4.47 Å². The van der Waals surface area contributed by atoms with Gasteiger partial charge in [-0.25, -0.2) is 4.68 Å². The quantitative estimate of drug-likeness (QED) is 0.871. The highest BCUT2D eigenvalue weighted by atomic mass is 79.9. The zero-order valence-corrected chi connectivity index (χ0v) is 11.6. The van der Waals surface area contributed by atoms with Gasteiger partial charge in [-0.3, -0.25) is 9.00 Å². The van der Waals surface area contributed by atoms with Crippen LogP contribution in [0.5, 0.6) is 0 Å². The lowest BCUT2D eigenvalue weighted by atomic mass is 10.4. The summed E-state index contributed by atoms with van der Waals surface area (Å²) in [5.41, 5.74) is 0.442. The first-order chi connectivity index (χ1) is 7.56. The van der Waals surface area contributed by atoms with Gasteiger partial charge in [-0.15, -0.1) is 0 Å². The molecule has 1 unspecified atom stereocenters. The maximum Gasteiger partial charge on any atom is 0.282 e. The summed E-state index contributed by atoms with van der Waals surface area (Å²) in [6.07, 6.45) is 1.57. The van der Waals surface area contributed by atoms with Crippen molar-refractivity contribution in [3.05, 3.63) is 21.0 Å². The molecule has 1 N–H and O–H groups in total. The van der Waals surface area contributed by atoms with Crippen LogP contribution < -0.4 is 10.9 Å². The fourth-order valence-electron chi connectivity index (χ4n) is 1.08. The topological polar surface area (TPSA) is 64.0 Å². The van der Waals surface area contributed by atoms with E-state index in [1.54, 1.807) is 13.2 Å². The molecule has 1 atom stereocenters. The molecule has 1 rings (SSSR count). The van der Waals surface area contributed by atoms with Crippen LogP contribution in [0, 0.1) is 0 Å². The minimum Gasteiger partial charge on any atom is -0.382 e. The Labute approximate surface area is 105 Å². The van der Waals surface area contributed by atoms with E-state index >= 15 is 0 Å². The first-order valence-electron chi connectivity index (χ1n) is 4.87. The van der Waals surface area contributed by atoms with E-state index in [9.17, 15) is 9.00 Å². The van der Waals surface area contributed by atoms with Crippen molar-refractivity contribution >= 4 is 32.4 Å². The van der Waals surface area contributed by atoms with Gasteiger partial charge in [-0.05, 0) is 15.9 Å². The monoisotopic (exact) mass is 307 g/mol. The molecule has 1 heterocycles. The van der Waals surface area contributed by atoms with Crippen LogP contribution >= 0.6 is 15.9 Å². The van der Waals surface area contributed by atoms with Gasteiger partial charge in [0.15, 0.2) is 0 Å². The van der Waals surface area contributed by atoms with Gasteiger partial charge in [-0.2, -0.15) is 5.10 Å². The van der Waals surface area contributed by atoms with E-state index < -0.39 is 10.8 Å². The third kappa shape index (κ3) is 3.41. The molecular weight excluding hydrogens is 294 g/mol. The Balaban J connectivity index is 2.65. The van der Waals surface area contributed by atoms with Crippen LogP contribution in [0.15, 0.2) is 15.5 Å². The van der Waals surface area contributed by atoms with Gasteiger partial charge in [0.2, 0.25) is 0 Å². The average molecular weight is 308 g/mol. The molecule has 0 aliphatic heterocycles. The van der Waals surface area contributed by atoms with E-state index in [2.05, 4.69) is 26.3 Å². The van der Waals surface area contributed by atoms with E-state index in [0.29, 0.717) is 28.2 Å². The van der Waals surface area contributed by atoms with Crippen LogP contribution in [-0.2, 0) is 17.8 Å². The number of aromatic nitrogens is 2. The molecule has 1 aromatic heterocycles. The number of aryl methyl sites for hydroxylation is 1. The first-order valence-corrected chi connectivity index (χ1v) is 7.15. The Morgan fingerprint density at radius 2 is 2.31 bits per heavy atom. The predicted octanol–water partition coefficient (Wildman–Crippen LogP) is 0.723. The second-order valence-electron chi connectivity index (χ2n) is 3.16. The predicted molar refractivity (Wildman–Crippen MR) is 69.2 cm³/mol. The largest absolute Gasteiger partial charge is 0.382 e. The number of halogens is 1. The van der Waals surface area contributed by atoms with Crippen molar-refractivity contribution in [3.63, 3.8) is 0 Å². The summed E-state index contributed by atoms with van der Waals surface area (Å²) in [6.45, 7) is 2.44. The first kappa shape index (κ1) is 13.4. The number of nitrogens with zero attached hydrogens (tertiary/aromatic N) is 2. The summed E-state index contributed by atoms with van der Waals surface area (Å²) < 4.78 is 12.9. The van der Waals surface area contributed by atoms with Crippen LogP contribution in [0.4, 0.5) is 5.69 Å². The summed E-state index contributed by atoms with van der Waals surface area (Å²) in [5, 5.41) is 6.92. The molecule has 0 bridgehead atoms. The van der Waals surface area contributed by atoms with E-state index in [-0.39, 0.29) is 5.56 Å². The maximum absolute atomic E-state index is 11.5. The molecule has 90 valence electrons. The van der Waals surface area contributed by atoms with Crippen molar-refractivity contribution in [2.75, 3.05) is 23.4 Å². The fraction of sp³-hybridized carbons (Fsp3) is 0.556. The van der Waals surface area contributed by atoms with Gasteiger partial charge in [0.05, 0.1) is 11.9 Å². The van der Waals surface area contributed by atoms with Crippen LogP contribution in [0.3, 0.4) is 0 Å². The SMILES string of the molecule is CCS(=O)CCNc1cnn(C)c(=O)c1Br. The molecule has 0 radical (unpaired) electrons. The van der Waals surface area contributed by atoms with Crippen molar-refractivity contribution < 1.29 is 4.21 Å². The van der Waals surface area contributed by atoms with Crippen molar-refractivity contribution in [1.82, 2.24) is 9.78 Å². The third-order valence-corrected chi connectivity index (χ3v) is 4.12. The van der Waals surface area contributed by atoms with Crippen molar-refractivity contribution in [2.45, 2.75) is 6.92 Å². The van der Waals surface area contributed by atoms with Gasteiger partial charge >= 0.3 is 0 Å². The summed E-state index contributed by atoms with van der Waals surface area (Å²) in [4.78, 5) is 11.5. The molecule has 7 heteroatoms. The van der Waals surface area contributed by atoms with Gasteiger partial charge < -0.3 is 5.32 Å². The third-order valence-electron chi connectivity index (χ3n) is 2.05. The molecular formula is C9H14BrN3O2S. The standard InChI is InChI=1S/C9H14BrN3O2S/c1-3-16(15)5-4-11-7-6-12-13(2)9(14)8(7)10/h6,11H,3-5H2,1-2H3. The Morgan fingerprint density at radius 1 is 1.62 bits per heavy atom. The average Bonchev–Trinajstić information content (AvgIpc) is 2.29. The second kappa shape index (κ2) is 6.15. The highest BCUT2D eigenvalue weighted by molar-refractivity contribution is 9.10. The van der Waals surface area contributed by atoms with Crippen LogP contribution in [0.25, 0.3) is 0 Å². The number of hydrogen-bond donors (Lipinski definition) is 1. The molecule has 0 aliphatic carbocycles. The Hall–Kier alpha value is -0.690. The maximum atomic E-state index is 11.5. The number of rotatable bonds is 5. The zero-order valence-electron chi connectivity index (χ0n) is 9.20. The summed E-state index contributed by atoms with van der Waals surface area (Å²) in [7, 11) is 0.788. The van der Waals surface area contributed by atoms with E-state index in [0.717, 1.165) is 0 Å². The number of hydrogen-bond acceptors (Lipinski definition) is 4. The number of nitrogens with one attached hydrogen (secondary N) is 1. The Morgan fingerprint density at radius 3 is 2.94 bits per heavy atom. The molecule has 0 saturated heterocycles. The summed E-state index contributed by atoms with van der Waals surface area (Å²) >= 11 is 3.20. The van der Waals surface area contributed by atoms with Gasteiger partial charge in [0.25, 0.3) is 5.56 Å². The van der Waals surface area contributed by atoms with Crippen LogP contribution in [-0.4, -0.2) is 32.0 Å². The zero-order chi connectivity index (χ0) is 12.1. The van der Waals surface area contributed by atoms with Crippen LogP contribution in [0.2, 0.25) is 0 Å².